The zero-order chi connectivity index (χ0) is 8.97. The number of nitriles is 1. The van der Waals surface area contributed by atoms with Crippen molar-refractivity contribution in [1.29, 1.82) is 10.7 Å². The third-order valence-corrected chi connectivity index (χ3v) is 1.97. The van der Waals surface area contributed by atoms with Crippen LogP contribution in [0.2, 0.25) is 0 Å². The maximum absolute atomic E-state index is 8.13. The predicted molar refractivity (Wildman–Crippen MR) is 48.7 cm³/mol. The van der Waals surface area contributed by atoms with E-state index in [9.17, 15) is 0 Å². The van der Waals surface area contributed by atoms with Gasteiger partial charge in [-0.1, -0.05) is 6.08 Å². The Labute approximate surface area is 78.3 Å². The SMILES string of the molecule is N#CO/C=C1\C(=N)C=CC=C1Br. The summed E-state index contributed by atoms with van der Waals surface area (Å²) in [6.45, 7) is 0. The molecule has 12 heavy (non-hydrogen) atoms. The average molecular weight is 225 g/mol. The van der Waals surface area contributed by atoms with Crippen molar-refractivity contribution < 1.29 is 4.74 Å². The van der Waals surface area contributed by atoms with Crippen molar-refractivity contribution in [3.05, 3.63) is 34.5 Å². The summed E-state index contributed by atoms with van der Waals surface area (Å²) in [5, 5.41) is 15.6. The molecule has 0 aromatic carbocycles. The van der Waals surface area contributed by atoms with Crippen LogP contribution in [0, 0.1) is 16.9 Å². The van der Waals surface area contributed by atoms with Crippen molar-refractivity contribution in [1.82, 2.24) is 0 Å². The molecule has 0 unspecified atom stereocenters. The molecule has 0 bridgehead atoms. The van der Waals surface area contributed by atoms with E-state index < -0.39 is 0 Å². The second-order valence-corrected chi connectivity index (χ2v) is 2.88. The van der Waals surface area contributed by atoms with Gasteiger partial charge in [0.15, 0.2) is 0 Å². The summed E-state index contributed by atoms with van der Waals surface area (Å²) in [4.78, 5) is 0. The van der Waals surface area contributed by atoms with Crippen LogP contribution < -0.4 is 0 Å². The van der Waals surface area contributed by atoms with Crippen LogP contribution in [-0.2, 0) is 4.74 Å². The number of rotatable bonds is 1. The lowest BCUT2D eigenvalue weighted by Crippen LogP contribution is -2.01. The molecule has 0 spiro atoms. The van der Waals surface area contributed by atoms with Crippen molar-refractivity contribution in [2.45, 2.75) is 0 Å². The van der Waals surface area contributed by atoms with E-state index >= 15 is 0 Å². The van der Waals surface area contributed by atoms with Crippen LogP contribution in [0.1, 0.15) is 0 Å². The Kier molecular flexibility index (Phi) is 2.83. The van der Waals surface area contributed by atoms with Crippen LogP contribution in [-0.4, -0.2) is 5.71 Å². The molecule has 1 rings (SSSR count). The number of allylic oxidation sites excluding steroid dienone is 5. The van der Waals surface area contributed by atoms with Crippen LogP contribution in [0.25, 0.3) is 0 Å². The van der Waals surface area contributed by atoms with E-state index in [0.29, 0.717) is 11.3 Å². The zero-order valence-corrected chi connectivity index (χ0v) is 7.63. The molecule has 1 N–H and O–H groups in total. The fourth-order valence-electron chi connectivity index (χ4n) is 0.742. The summed E-state index contributed by atoms with van der Waals surface area (Å²) in [5.74, 6) is 0. The fraction of sp³-hybridized carbons (Fsp3) is 0. The van der Waals surface area contributed by atoms with E-state index in [0.717, 1.165) is 4.48 Å². The predicted octanol–water partition coefficient (Wildman–Crippen LogP) is 2.24. The molecule has 4 heteroatoms. The van der Waals surface area contributed by atoms with Gasteiger partial charge in [0.2, 0.25) is 0 Å². The minimum atomic E-state index is 0.319. The summed E-state index contributed by atoms with van der Waals surface area (Å²) >= 11 is 3.24. The van der Waals surface area contributed by atoms with E-state index in [2.05, 4.69) is 20.7 Å². The normalized spacial score (nSPS) is 18.8. The van der Waals surface area contributed by atoms with Crippen LogP contribution >= 0.6 is 15.9 Å². The van der Waals surface area contributed by atoms with Gasteiger partial charge in [0.25, 0.3) is 6.26 Å². The maximum Gasteiger partial charge on any atom is 0.291 e. The van der Waals surface area contributed by atoms with Crippen LogP contribution in [0.15, 0.2) is 34.5 Å². The summed E-state index contributed by atoms with van der Waals surface area (Å²) < 4.78 is 5.15. The Morgan fingerprint density at radius 1 is 1.67 bits per heavy atom. The molecule has 0 radical (unpaired) electrons. The number of hydrogen-bond donors (Lipinski definition) is 1. The minimum Gasteiger partial charge on any atom is -0.395 e. The summed E-state index contributed by atoms with van der Waals surface area (Å²) in [6, 6.07) is 0. The molecule has 3 nitrogen and oxygen atoms in total. The molecule has 0 heterocycles. The fourth-order valence-corrected chi connectivity index (χ4v) is 1.20. The van der Waals surface area contributed by atoms with Crippen LogP contribution in [0.4, 0.5) is 0 Å². The number of nitrogens with one attached hydrogen (secondary N) is 1. The topological polar surface area (TPSA) is 56.9 Å². The number of halogens is 1. The Morgan fingerprint density at radius 3 is 3.00 bits per heavy atom. The third-order valence-electron chi connectivity index (χ3n) is 1.28. The molecule has 0 amide bonds. The van der Waals surface area contributed by atoms with Gasteiger partial charge in [0.1, 0.15) is 6.26 Å². The average Bonchev–Trinajstić information content (AvgIpc) is 2.04. The molecule has 0 aromatic rings. The highest BCUT2D eigenvalue weighted by molar-refractivity contribution is 9.12. The molecule has 0 aliphatic heterocycles. The first-order chi connectivity index (χ1) is 5.75. The van der Waals surface area contributed by atoms with Gasteiger partial charge in [0, 0.05) is 10.1 Å². The highest BCUT2D eigenvalue weighted by Crippen LogP contribution is 2.22. The first kappa shape index (κ1) is 8.75. The minimum absolute atomic E-state index is 0.319. The van der Waals surface area contributed by atoms with Gasteiger partial charge in [-0.3, -0.25) is 0 Å². The maximum atomic E-state index is 8.13. The Balaban J connectivity index is 2.91. The van der Waals surface area contributed by atoms with Crippen molar-refractivity contribution in [3.63, 3.8) is 0 Å². The highest BCUT2D eigenvalue weighted by Gasteiger charge is 2.09. The standard InChI is InChI=1S/C8H5BrN2O/c9-7-2-1-3-8(11)6(7)4-12-5-10/h1-4,11H/b6-4-,11-8?. The van der Waals surface area contributed by atoms with Gasteiger partial charge in [-0.2, -0.15) is 0 Å². The quantitative estimate of drug-likeness (QED) is 0.549. The van der Waals surface area contributed by atoms with Gasteiger partial charge in [0.05, 0.1) is 5.71 Å². The van der Waals surface area contributed by atoms with E-state index in [1.165, 1.54) is 12.5 Å². The van der Waals surface area contributed by atoms with Gasteiger partial charge < -0.3 is 10.1 Å². The molecule has 0 fully saturated rings. The third kappa shape index (κ3) is 1.83. The van der Waals surface area contributed by atoms with Crippen molar-refractivity contribution in [3.8, 4) is 6.26 Å². The molecule has 60 valence electrons. The number of hydrogen-bond acceptors (Lipinski definition) is 3. The molecule has 1 aliphatic rings. The smallest absolute Gasteiger partial charge is 0.291 e. The summed E-state index contributed by atoms with van der Waals surface area (Å²) in [6.07, 6.45) is 7.90. The lowest BCUT2D eigenvalue weighted by Gasteiger charge is -2.06. The second-order valence-electron chi connectivity index (χ2n) is 2.03. The van der Waals surface area contributed by atoms with E-state index in [-0.39, 0.29) is 0 Å². The first-order valence-electron chi connectivity index (χ1n) is 3.14. The second kappa shape index (κ2) is 3.88. The van der Waals surface area contributed by atoms with Crippen LogP contribution in [0.5, 0.6) is 0 Å². The highest BCUT2D eigenvalue weighted by atomic mass is 79.9. The van der Waals surface area contributed by atoms with Crippen molar-refractivity contribution in [2.24, 2.45) is 0 Å². The zero-order valence-electron chi connectivity index (χ0n) is 6.04. The number of ether oxygens (including phenoxy) is 1. The summed E-state index contributed by atoms with van der Waals surface area (Å²) in [5.41, 5.74) is 0.888. The van der Waals surface area contributed by atoms with E-state index in [1.54, 1.807) is 18.2 Å². The summed E-state index contributed by atoms with van der Waals surface area (Å²) in [7, 11) is 0. The molecular formula is C8H5BrN2O. The Bertz CT molecular complexity index is 333. The Hall–Kier alpha value is -1.34. The number of nitrogens with zero attached hydrogens (tertiary/aromatic N) is 1. The molecular weight excluding hydrogens is 220 g/mol. The van der Waals surface area contributed by atoms with Crippen LogP contribution in [0.3, 0.4) is 0 Å². The largest absolute Gasteiger partial charge is 0.395 e. The van der Waals surface area contributed by atoms with E-state index in [1.807, 2.05) is 0 Å². The molecule has 0 atom stereocenters. The van der Waals surface area contributed by atoms with Gasteiger partial charge in [-0.15, -0.1) is 5.26 Å². The molecule has 0 saturated heterocycles. The molecule has 0 aromatic heterocycles. The lowest BCUT2D eigenvalue weighted by molar-refractivity contribution is 0.427. The lowest BCUT2D eigenvalue weighted by atomic mass is 10.1. The van der Waals surface area contributed by atoms with Gasteiger partial charge in [-0.25, -0.2) is 0 Å². The van der Waals surface area contributed by atoms with Gasteiger partial charge >= 0.3 is 0 Å². The molecule has 0 saturated carbocycles. The Morgan fingerprint density at radius 2 is 2.42 bits per heavy atom. The van der Waals surface area contributed by atoms with Crippen molar-refractivity contribution >= 4 is 21.6 Å². The molecule has 1 aliphatic carbocycles. The first-order valence-corrected chi connectivity index (χ1v) is 3.93. The van der Waals surface area contributed by atoms with E-state index in [4.69, 9.17) is 10.7 Å². The van der Waals surface area contributed by atoms with Crippen molar-refractivity contribution in [2.75, 3.05) is 0 Å². The van der Waals surface area contributed by atoms with Gasteiger partial charge in [-0.05, 0) is 28.1 Å². The monoisotopic (exact) mass is 224 g/mol.